The first kappa shape index (κ1) is 11.3. The third-order valence-corrected chi connectivity index (χ3v) is 3.05. The maximum atomic E-state index is 4.46. The number of hydrogen-bond donors (Lipinski definition) is 0. The van der Waals surface area contributed by atoms with E-state index in [-0.39, 0.29) is 20.1 Å². The molecule has 0 fully saturated rings. The molecule has 0 bridgehead atoms. The Bertz CT molecular complexity index is 781. The molecule has 0 aliphatic heterocycles. The standard InChI is InChI=1S/C14H8N3.Ir/c1-2-5-11-10(4-1)13-8-15-9-17(13)12-6-3-7-16-14(11)12;/h1-4,6-9H;/q-1;. The molecule has 4 aromatic rings. The second kappa shape index (κ2) is 4.16. The first-order valence-corrected chi connectivity index (χ1v) is 5.44. The summed E-state index contributed by atoms with van der Waals surface area (Å²) in [4.78, 5) is 8.68. The zero-order valence-electron chi connectivity index (χ0n) is 9.29. The minimum Gasteiger partial charge on any atom is -0.314 e. The molecule has 18 heavy (non-hydrogen) atoms. The average molecular weight is 410 g/mol. The number of aromatic nitrogens is 3. The van der Waals surface area contributed by atoms with Gasteiger partial charge in [0.15, 0.2) is 0 Å². The molecule has 3 heterocycles. The van der Waals surface area contributed by atoms with Crippen molar-refractivity contribution in [2.45, 2.75) is 0 Å². The normalized spacial score (nSPS) is 10.9. The topological polar surface area (TPSA) is 30.2 Å². The molecule has 0 unspecified atom stereocenters. The third-order valence-electron chi connectivity index (χ3n) is 3.05. The average Bonchev–Trinajstić information content (AvgIpc) is 2.89. The summed E-state index contributed by atoms with van der Waals surface area (Å²) in [5, 5.41) is 2.19. The molecule has 4 heteroatoms. The van der Waals surface area contributed by atoms with Gasteiger partial charge in [0.05, 0.1) is 6.33 Å². The van der Waals surface area contributed by atoms with Crippen LogP contribution in [0.2, 0.25) is 0 Å². The predicted molar refractivity (Wildman–Crippen MR) is 66.8 cm³/mol. The summed E-state index contributed by atoms with van der Waals surface area (Å²) in [6.45, 7) is 0. The van der Waals surface area contributed by atoms with Crippen molar-refractivity contribution in [2.75, 3.05) is 0 Å². The number of rotatable bonds is 0. The number of fused-ring (bicyclic) bond motifs is 6. The molecular weight excluding hydrogens is 402 g/mol. The van der Waals surface area contributed by atoms with Gasteiger partial charge in [0.1, 0.15) is 0 Å². The van der Waals surface area contributed by atoms with Crippen LogP contribution in [0.15, 0.2) is 49.1 Å². The zero-order valence-corrected chi connectivity index (χ0v) is 11.7. The monoisotopic (exact) mass is 411 g/mol. The summed E-state index contributed by atoms with van der Waals surface area (Å²) in [6.07, 6.45) is 5.51. The van der Waals surface area contributed by atoms with Crippen LogP contribution in [0.5, 0.6) is 0 Å². The number of nitrogens with zero attached hydrogens (tertiary/aromatic N) is 3. The van der Waals surface area contributed by atoms with E-state index in [2.05, 4.69) is 32.6 Å². The fourth-order valence-corrected chi connectivity index (χ4v) is 2.32. The Morgan fingerprint density at radius 2 is 2.06 bits per heavy atom. The first-order chi connectivity index (χ1) is 8.45. The second-order valence-electron chi connectivity index (χ2n) is 3.98. The Hall–Kier alpha value is -1.77. The summed E-state index contributed by atoms with van der Waals surface area (Å²) >= 11 is 0. The second-order valence-corrected chi connectivity index (χ2v) is 3.98. The Balaban J connectivity index is 0.000001000. The van der Waals surface area contributed by atoms with E-state index in [1.54, 1.807) is 0 Å². The van der Waals surface area contributed by atoms with Gasteiger partial charge in [-0.2, -0.15) is 0 Å². The summed E-state index contributed by atoms with van der Waals surface area (Å²) in [6, 6.07) is 13.3. The van der Waals surface area contributed by atoms with Gasteiger partial charge in [0.2, 0.25) is 0 Å². The van der Waals surface area contributed by atoms with E-state index in [0.717, 1.165) is 27.3 Å². The Kier molecular flexibility index (Phi) is 2.62. The van der Waals surface area contributed by atoms with Crippen molar-refractivity contribution in [1.82, 2.24) is 14.4 Å². The maximum absolute atomic E-state index is 4.46. The van der Waals surface area contributed by atoms with Crippen molar-refractivity contribution >= 4 is 27.3 Å². The van der Waals surface area contributed by atoms with Gasteiger partial charge in [0.25, 0.3) is 0 Å². The van der Waals surface area contributed by atoms with Gasteiger partial charge in [-0.3, -0.25) is 0 Å². The summed E-state index contributed by atoms with van der Waals surface area (Å²) in [7, 11) is 0. The molecule has 0 saturated carbocycles. The van der Waals surface area contributed by atoms with Crippen LogP contribution in [0.1, 0.15) is 0 Å². The molecule has 3 nitrogen and oxygen atoms in total. The summed E-state index contributed by atoms with van der Waals surface area (Å²) < 4.78 is 2.07. The molecule has 0 amide bonds. The molecule has 0 saturated heterocycles. The van der Waals surface area contributed by atoms with Gasteiger partial charge in [-0.05, 0) is 12.1 Å². The molecule has 0 aliphatic carbocycles. The first-order valence-electron chi connectivity index (χ1n) is 5.44. The smallest absolute Gasteiger partial charge is 0.0983 e. The molecule has 3 aromatic heterocycles. The van der Waals surface area contributed by atoms with E-state index in [0.29, 0.717) is 0 Å². The third kappa shape index (κ3) is 1.40. The van der Waals surface area contributed by atoms with Crippen molar-refractivity contribution in [3.63, 3.8) is 0 Å². The number of pyridine rings is 2. The minimum absolute atomic E-state index is 0. The molecule has 0 atom stereocenters. The van der Waals surface area contributed by atoms with Gasteiger partial charge in [0, 0.05) is 49.0 Å². The SMILES string of the molecule is [Ir].[c-]1cccc2c1c1ncccc1n1cncc21. The fraction of sp³-hybridized carbons (Fsp3) is 0. The van der Waals surface area contributed by atoms with Crippen molar-refractivity contribution in [1.29, 1.82) is 0 Å². The fourth-order valence-electron chi connectivity index (χ4n) is 2.32. The number of hydrogen-bond acceptors (Lipinski definition) is 2. The van der Waals surface area contributed by atoms with Gasteiger partial charge in [-0.15, -0.1) is 29.7 Å². The molecule has 1 radical (unpaired) electrons. The van der Waals surface area contributed by atoms with Crippen molar-refractivity contribution in [3.05, 3.63) is 55.1 Å². The van der Waals surface area contributed by atoms with Gasteiger partial charge in [-0.1, -0.05) is 5.39 Å². The quantitative estimate of drug-likeness (QED) is 0.330. The summed E-state index contributed by atoms with van der Waals surface area (Å²) in [5.41, 5.74) is 3.13. The molecule has 0 N–H and O–H groups in total. The van der Waals surface area contributed by atoms with Crippen LogP contribution >= 0.6 is 0 Å². The van der Waals surface area contributed by atoms with Gasteiger partial charge < -0.3 is 9.38 Å². The van der Waals surface area contributed by atoms with Crippen LogP contribution in [0.3, 0.4) is 0 Å². The van der Waals surface area contributed by atoms with Crippen LogP contribution in [0, 0.1) is 6.07 Å². The largest absolute Gasteiger partial charge is 0.314 e. The van der Waals surface area contributed by atoms with Crippen LogP contribution in [0.4, 0.5) is 0 Å². The molecule has 89 valence electrons. The van der Waals surface area contributed by atoms with Crippen LogP contribution in [-0.2, 0) is 20.1 Å². The van der Waals surface area contributed by atoms with Gasteiger partial charge in [-0.25, -0.2) is 4.98 Å². The number of benzene rings is 1. The Morgan fingerprint density at radius 3 is 3.00 bits per heavy atom. The van der Waals surface area contributed by atoms with E-state index < -0.39 is 0 Å². The zero-order chi connectivity index (χ0) is 11.2. The van der Waals surface area contributed by atoms with Crippen LogP contribution < -0.4 is 0 Å². The van der Waals surface area contributed by atoms with E-state index in [4.69, 9.17) is 0 Å². The molecule has 0 aliphatic rings. The van der Waals surface area contributed by atoms with Crippen LogP contribution in [-0.4, -0.2) is 14.4 Å². The molecule has 4 rings (SSSR count). The number of imidazole rings is 1. The Labute approximate surface area is 117 Å². The minimum atomic E-state index is 0. The molecule has 0 spiro atoms. The molecular formula is C14H8IrN3-. The van der Waals surface area contributed by atoms with Crippen molar-refractivity contribution in [3.8, 4) is 0 Å². The summed E-state index contributed by atoms with van der Waals surface area (Å²) in [5.74, 6) is 0. The molecule has 1 aromatic carbocycles. The van der Waals surface area contributed by atoms with Crippen molar-refractivity contribution < 1.29 is 20.1 Å². The van der Waals surface area contributed by atoms with Crippen LogP contribution in [0.25, 0.3) is 27.3 Å². The maximum Gasteiger partial charge on any atom is 0.0983 e. The van der Waals surface area contributed by atoms with Gasteiger partial charge >= 0.3 is 0 Å². The van der Waals surface area contributed by atoms with E-state index in [1.165, 1.54) is 0 Å². The van der Waals surface area contributed by atoms with E-state index in [9.17, 15) is 0 Å². The predicted octanol–water partition coefficient (Wildman–Crippen LogP) is 2.83. The van der Waals surface area contributed by atoms with E-state index in [1.807, 2.05) is 36.9 Å². The van der Waals surface area contributed by atoms with E-state index >= 15 is 0 Å². The van der Waals surface area contributed by atoms with Crippen molar-refractivity contribution in [2.24, 2.45) is 0 Å². The Morgan fingerprint density at radius 1 is 1.11 bits per heavy atom.